The topological polar surface area (TPSA) is 55.3 Å². The van der Waals surface area contributed by atoms with Gasteiger partial charge in [-0.05, 0) is 19.8 Å². The molecule has 0 aliphatic carbocycles. The highest BCUT2D eigenvalue weighted by atomic mass is 16.5. The van der Waals surface area contributed by atoms with Gasteiger partial charge in [-0.1, -0.05) is 30.3 Å². The van der Waals surface area contributed by atoms with Crippen LogP contribution in [0.4, 0.5) is 5.69 Å². The molecule has 0 spiro atoms. The first kappa shape index (κ1) is 15.5. The van der Waals surface area contributed by atoms with E-state index in [1.807, 2.05) is 43.5 Å². The molecule has 5 heteroatoms. The maximum absolute atomic E-state index is 12.0. The van der Waals surface area contributed by atoms with E-state index in [1.165, 1.54) is 7.11 Å². The number of benzene rings is 1. The van der Waals surface area contributed by atoms with E-state index in [-0.39, 0.29) is 5.97 Å². The molecule has 5 nitrogen and oxygen atoms in total. The molecular weight excluding hydrogens is 290 g/mol. The SMILES string of the molecule is COC(=O)C1(C)CCN(c2cncnc2-c2ccccc2)CC1. The summed E-state index contributed by atoms with van der Waals surface area (Å²) in [5.74, 6) is -0.121. The molecule has 1 aromatic carbocycles. The summed E-state index contributed by atoms with van der Waals surface area (Å²) >= 11 is 0. The van der Waals surface area contributed by atoms with E-state index in [1.54, 1.807) is 6.33 Å². The molecule has 1 fully saturated rings. The monoisotopic (exact) mass is 311 g/mol. The van der Waals surface area contributed by atoms with Gasteiger partial charge in [-0.25, -0.2) is 9.97 Å². The minimum absolute atomic E-state index is 0.121. The maximum atomic E-state index is 12.0. The highest BCUT2D eigenvalue weighted by Crippen LogP contribution is 2.36. The molecule has 1 aromatic heterocycles. The number of esters is 1. The molecule has 2 heterocycles. The van der Waals surface area contributed by atoms with Crippen molar-refractivity contribution in [2.24, 2.45) is 5.41 Å². The summed E-state index contributed by atoms with van der Waals surface area (Å²) in [4.78, 5) is 22.9. The van der Waals surface area contributed by atoms with Gasteiger partial charge in [0.2, 0.25) is 0 Å². The molecule has 0 atom stereocenters. The quantitative estimate of drug-likeness (QED) is 0.816. The number of anilines is 1. The molecule has 0 radical (unpaired) electrons. The van der Waals surface area contributed by atoms with Crippen LogP contribution in [0, 0.1) is 5.41 Å². The third-order valence-corrected chi connectivity index (χ3v) is 4.63. The Labute approximate surface area is 136 Å². The highest BCUT2D eigenvalue weighted by Gasteiger charge is 2.38. The summed E-state index contributed by atoms with van der Waals surface area (Å²) in [6.07, 6.45) is 4.97. The van der Waals surface area contributed by atoms with Gasteiger partial charge in [-0.2, -0.15) is 0 Å². The smallest absolute Gasteiger partial charge is 0.311 e. The number of hydrogen-bond acceptors (Lipinski definition) is 5. The maximum Gasteiger partial charge on any atom is 0.311 e. The van der Waals surface area contributed by atoms with Crippen molar-refractivity contribution < 1.29 is 9.53 Å². The van der Waals surface area contributed by atoms with Crippen LogP contribution >= 0.6 is 0 Å². The first-order chi connectivity index (χ1) is 11.1. The standard InChI is InChI=1S/C18H21N3O2/c1-18(17(22)23-2)8-10-21(11-9-18)15-12-19-13-20-16(15)14-6-4-3-5-7-14/h3-7,12-13H,8-11H2,1-2H3. The molecule has 0 unspecified atom stereocenters. The van der Waals surface area contributed by atoms with Gasteiger partial charge in [-0.3, -0.25) is 4.79 Å². The van der Waals surface area contributed by atoms with Crippen molar-refractivity contribution in [1.29, 1.82) is 0 Å². The fraction of sp³-hybridized carbons (Fsp3) is 0.389. The summed E-state index contributed by atoms with van der Waals surface area (Å²) in [6, 6.07) is 10.1. The Hall–Kier alpha value is -2.43. The summed E-state index contributed by atoms with van der Waals surface area (Å²) in [5, 5.41) is 0. The zero-order chi connectivity index (χ0) is 16.3. The number of methoxy groups -OCH3 is 1. The van der Waals surface area contributed by atoms with Gasteiger partial charge >= 0.3 is 5.97 Å². The number of ether oxygens (including phenoxy) is 1. The van der Waals surface area contributed by atoms with Crippen molar-refractivity contribution in [2.45, 2.75) is 19.8 Å². The van der Waals surface area contributed by atoms with Gasteiger partial charge in [0.1, 0.15) is 6.33 Å². The summed E-state index contributed by atoms with van der Waals surface area (Å²) in [7, 11) is 1.46. The summed E-state index contributed by atoms with van der Waals surface area (Å²) < 4.78 is 4.94. The number of carbonyl (C=O) groups is 1. The Bertz CT molecular complexity index is 680. The van der Waals surface area contributed by atoms with E-state index >= 15 is 0 Å². The third-order valence-electron chi connectivity index (χ3n) is 4.63. The van der Waals surface area contributed by atoms with Crippen molar-refractivity contribution in [1.82, 2.24) is 9.97 Å². The third kappa shape index (κ3) is 3.04. The zero-order valence-electron chi connectivity index (χ0n) is 13.5. The van der Waals surface area contributed by atoms with E-state index in [2.05, 4.69) is 14.9 Å². The van der Waals surface area contributed by atoms with E-state index < -0.39 is 5.41 Å². The Balaban J connectivity index is 1.84. The first-order valence-corrected chi connectivity index (χ1v) is 7.83. The van der Waals surface area contributed by atoms with Crippen LogP contribution in [0.25, 0.3) is 11.3 Å². The molecule has 0 bridgehead atoms. The van der Waals surface area contributed by atoms with Gasteiger partial charge < -0.3 is 9.64 Å². The van der Waals surface area contributed by atoms with Crippen LogP contribution in [0.2, 0.25) is 0 Å². The second-order valence-corrected chi connectivity index (χ2v) is 6.16. The molecule has 2 aromatic rings. The van der Waals surface area contributed by atoms with Crippen LogP contribution in [-0.2, 0) is 9.53 Å². The van der Waals surface area contributed by atoms with E-state index in [0.29, 0.717) is 0 Å². The molecule has 1 saturated heterocycles. The Morgan fingerprint density at radius 3 is 2.57 bits per heavy atom. The normalized spacial score (nSPS) is 16.9. The molecule has 3 rings (SSSR count). The Kier molecular flexibility index (Phi) is 4.28. The first-order valence-electron chi connectivity index (χ1n) is 7.83. The van der Waals surface area contributed by atoms with Crippen LogP contribution in [0.1, 0.15) is 19.8 Å². The van der Waals surface area contributed by atoms with Crippen molar-refractivity contribution in [3.63, 3.8) is 0 Å². The molecule has 23 heavy (non-hydrogen) atoms. The number of hydrogen-bond donors (Lipinski definition) is 0. The molecule has 0 amide bonds. The lowest BCUT2D eigenvalue weighted by Gasteiger charge is -2.38. The number of aromatic nitrogens is 2. The Morgan fingerprint density at radius 1 is 1.22 bits per heavy atom. The molecular formula is C18H21N3O2. The average Bonchev–Trinajstić information content (AvgIpc) is 2.62. The molecule has 0 N–H and O–H groups in total. The van der Waals surface area contributed by atoms with E-state index in [9.17, 15) is 4.79 Å². The van der Waals surface area contributed by atoms with Crippen LogP contribution in [0.15, 0.2) is 42.9 Å². The lowest BCUT2D eigenvalue weighted by atomic mass is 9.80. The number of carbonyl (C=O) groups excluding carboxylic acids is 1. The molecule has 120 valence electrons. The minimum Gasteiger partial charge on any atom is -0.469 e. The minimum atomic E-state index is -0.395. The van der Waals surface area contributed by atoms with Crippen LogP contribution in [0.3, 0.4) is 0 Å². The highest BCUT2D eigenvalue weighted by molar-refractivity contribution is 5.78. The second-order valence-electron chi connectivity index (χ2n) is 6.16. The van der Waals surface area contributed by atoms with Crippen LogP contribution in [-0.4, -0.2) is 36.1 Å². The van der Waals surface area contributed by atoms with Crippen molar-refractivity contribution in [3.05, 3.63) is 42.9 Å². The second kappa shape index (κ2) is 6.36. The van der Waals surface area contributed by atoms with Crippen molar-refractivity contribution >= 4 is 11.7 Å². The molecule has 1 aliphatic rings. The lowest BCUT2D eigenvalue weighted by molar-refractivity contribution is -0.152. The van der Waals surface area contributed by atoms with Gasteiger partial charge in [-0.15, -0.1) is 0 Å². The number of rotatable bonds is 3. The van der Waals surface area contributed by atoms with Crippen LogP contribution in [0.5, 0.6) is 0 Å². The number of piperidine rings is 1. The molecule has 0 saturated carbocycles. The van der Waals surface area contributed by atoms with Gasteiger partial charge in [0, 0.05) is 18.7 Å². The van der Waals surface area contributed by atoms with Crippen molar-refractivity contribution in [3.8, 4) is 11.3 Å². The number of nitrogens with zero attached hydrogens (tertiary/aromatic N) is 3. The predicted octanol–water partition coefficient (Wildman–Crippen LogP) is 2.92. The van der Waals surface area contributed by atoms with Crippen LogP contribution < -0.4 is 4.90 Å². The average molecular weight is 311 g/mol. The summed E-state index contributed by atoms with van der Waals surface area (Å²) in [5.41, 5.74) is 2.63. The zero-order valence-corrected chi connectivity index (χ0v) is 13.5. The van der Waals surface area contributed by atoms with Gasteiger partial charge in [0.15, 0.2) is 0 Å². The fourth-order valence-electron chi connectivity index (χ4n) is 3.06. The molecule has 1 aliphatic heterocycles. The largest absolute Gasteiger partial charge is 0.469 e. The lowest BCUT2D eigenvalue weighted by Crippen LogP contribution is -2.43. The Morgan fingerprint density at radius 2 is 1.91 bits per heavy atom. The van der Waals surface area contributed by atoms with Gasteiger partial charge in [0.05, 0.1) is 30.1 Å². The van der Waals surface area contributed by atoms with Crippen molar-refractivity contribution in [2.75, 3.05) is 25.1 Å². The van der Waals surface area contributed by atoms with E-state index in [0.717, 1.165) is 42.9 Å². The van der Waals surface area contributed by atoms with E-state index in [4.69, 9.17) is 4.74 Å². The fourth-order valence-corrected chi connectivity index (χ4v) is 3.06. The van der Waals surface area contributed by atoms with Gasteiger partial charge in [0.25, 0.3) is 0 Å². The predicted molar refractivity (Wildman–Crippen MR) is 89.0 cm³/mol. The summed E-state index contributed by atoms with van der Waals surface area (Å²) in [6.45, 7) is 3.56.